The largest absolute Gasteiger partial charge is 0.472 e. The maximum absolute atomic E-state index is 13.1. The Morgan fingerprint density at radius 2 is 0.453 bits per heavy atom. The van der Waals surface area contributed by atoms with Gasteiger partial charge < -0.3 is 34.2 Å². The van der Waals surface area contributed by atoms with Gasteiger partial charge in [0, 0.05) is 19.3 Å². The maximum atomic E-state index is 13.1. The summed E-state index contributed by atoms with van der Waals surface area (Å²) in [5.74, 6) is -1.58. The molecule has 0 aliphatic carbocycles. The minimum atomic E-state index is -4.95. The Kier molecular flexibility index (Phi) is 86.7. The molecule has 18 heteroatoms. The fraction of sp³-hybridized carbons (Fsp3) is 0.707. The second kappa shape index (κ2) is 90.4. The van der Waals surface area contributed by atoms with Gasteiger partial charge in [0.05, 0.1) is 26.4 Å². The van der Waals surface area contributed by atoms with E-state index < -0.39 is 91.5 Å². The number of allylic oxidation sites excluding steroid dienone is 26. The lowest BCUT2D eigenvalue weighted by Gasteiger charge is -2.21. The zero-order chi connectivity index (χ0) is 85.1. The first-order valence-electron chi connectivity index (χ1n) is 46.8. The SMILES string of the molecule is CC/C=C\C/C=C\C/C=C\C/C=C\C/C=C\CCCCCCCCCCCCCCCCCC(=O)OCC(O)COP(=O)(O)OCC(O)COP(=O)(O)OCC(COC(=O)CCCCCCCCCCC/C=C\C/C=C\C/C=C\C/C=C\CCCCC)OC(=O)CCCCCCCCCCC/C=C\C/C=C\C/C=C\C/C=C\CCCCC. The van der Waals surface area contributed by atoms with Crippen LogP contribution in [0.1, 0.15) is 393 Å². The third-order valence-corrected chi connectivity index (χ3v) is 21.6. The van der Waals surface area contributed by atoms with Gasteiger partial charge >= 0.3 is 33.6 Å². The molecule has 117 heavy (non-hydrogen) atoms. The van der Waals surface area contributed by atoms with Crippen molar-refractivity contribution in [2.75, 3.05) is 39.6 Å². The molecule has 0 fully saturated rings. The Morgan fingerprint density at radius 1 is 0.248 bits per heavy atom. The van der Waals surface area contributed by atoms with Crippen molar-refractivity contribution < 1.29 is 75.8 Å². The van der Waals surface area contributed by atoms with E-state index in [-0.39, 0.29) is 19.3 Å². The molecule has 5 atom stereocenters. The number of aliphatic hydroxyl groups is 2. The molecule has 0 rings (SSSR count). The van der Waals surface area contributed by atoms with Crippen LogP contribution in [0.2, 0.25) is 0 Å². The zero-order valence-corrected chi connectivity index (χ0v) is 75.9. The van der Waals surface area contributed by atoms with E-state index in [9.17, 15) is 43.5 Å². The second-order valence-electron chi connectivity index (χ2n) is 31.1. The lowest BCUT2D eigenvalue weighted by atomic mass is 10.0. The molecule has 0 radical (unpaired) electrons. The number of aliphatic hydroxyl groups excluding tert-OH is 2. The van der Waals surface area contributed by atoms with E-state index in [1.807, 2.05) is 0 Å². The van der Waals surface area contributed by atoms with Crippen molar-refractivity contribution in [1.29, 1.82) is 0 Å². The summed E-state index contributed by atoms with van der Waals surface area (Å²) in [4.78, 5) is 59.0. The highest BCUT2D eigenvalue weighted by molar-refractivity contribution is 7.47. The van der Waals surface area contributed by atoms with Crippen LogP contribution in [-0.2, 0) is 55.8 Å². The average molecular weight is 1680 g/mol. The van der Waals surface area contributed by atoms with Gasteiger partial charge in [0.1, 0.15) is 25.4 Å². The molecule has 0 aromatic rings. The Hall–Kier alpha value is -4.83. The van der Waals surface area contributed by atoms with Gasteiger partial charge in [-0.15, -0.1) is 0 Å². The first-order valence-corrected chi connectivity index (χ1v) is 49.8. The van der Waals surface area contributed by atoms with Gasteiger partial charge in [0.2, 0.25) is 0 Å². The summed E-state index contributed by atoms with van der Waals surface area (Å²) in [7, 11) is -9.82. The quantitative estimate of drug-likeness (QED) is 0.0146. The average Bonchev–Trinajstić information content (AvgIpc) is 0.784. The Balaban J connectivity index is 4.62. The summed E-state index contributed by atoms with van der Waals surface area (Å²) in [5, 5.41) is 20.7. The van der Waals surface area contributed by atoms with E-state index in [1.54, 1.807) is 0 Å². The van der Waals surface area contributed by atoms with Crippen LogP contribution in [0.25, 0.3) is 0 Å². The number of hydrogen-bond acceptors (Lipinski definition) is 14. The molecule has 0 aromatic heterocycles. The first-order chi connectivity index (χ1) is 57.2. The fourth-order valence-corrected chi connectivity index (χ4v) is 14.2. The lowest BCUT2D eigenvalue weighted by Crippen LogP contribution is -2.30. The van der Waals surface area contributed by atoms with Crippen LogP contribution < -0.4 is 0 Å². The van der Waals surface area contributed by atoms with Crippen LogP contribution in [0, 0.1) is 0 Å². The Morgan fingerprint density at radius 3 is 0.718 bits per heavy atom. The lowest BCUT2D eigenvalue weighted by molar-refractivity contribution is -0.161. The van der Waals surface area contributed by atoms with E-state index in [0.29, 0.717) is 19.3 Å². The second-order valence-corrected chi connectivity index (χ2v) is 34.0. The van der Waals surface area contributed by atoms with Crippen molar-refractivity contribution in [3.8, 4) is 0 Å². The van der Waals surface area contributed by atoms with Gasteiger partial charge in [-0.05, 0) is 154 Å². The first kappa shape index (κ1) is 112. The topological polar surface area (TPSA) is 231 Å². The van der Waals surface area contributed by atoms with Crippen molar-refractivity contribution in [3.05, 3.63) is 158 Å². The molecule has 4 N–H and O–H groups in total. The molecule has 0 saturated carbocycles. The summed E-state index contributed by atoms with van der Waals surface area (Å²) in [6, 6.07) is 0. The summed E-state index contributed by atoms with van der Waals surface area (Å²) in [6.07, 6.45) is 116. The van der Waals surface area contributed by atoms with Gasteiger partial charge in [-0.25, -0.2) is 9.13 Å². The fourth-order valence-electron chi connectivity index (χ4n) is 12.6. The number of unbranched alkanes of at least 4 members (excludes halogenated alkanes) is 39. The van der Waals surface area contributed by atoms with Crippen LogP contribution in [-0.4, -0.2) is 95.9 Å². The van der Waals surface area contributed by atoms with Gasteiger partial charge in [0.25, 0.3) is 0 Å². The number of carbonyl (C=O) groups excluding carboxylic acids is 3. The third-order valence-electron chi connectivity index (χ3n) is 19.7. The minimum Gasteiger partial charge on any atom is -0.463 e. The van der Waals surface area contributed by atoms with E-state index in [4.69, 9.17) is 32.3 Å². The molecule has 0 bridgehead atoms. The number of ether oxygens (including phenoxy) is 3. The van der Waals surface area contributed by atoms with Crippen molar-refractivity contribution in [3.63, 3.8) is 0 Å². The number of carbonyl (C=O) groups is 3. The normalized spacial score (nSPS) is 14.5. The molecule has 0 saturated heterocycles. The molecule has 0 aromatic carbocycles. The van der Waals surface area contributed by atoms with E-state index >= 15 is 0 Å². The van der Waals surface area contributed by atoms with Gasteiger partial charge in [-0.2, -0.15) is 0 Å². The maximum Gasteiger partial charge on any atom is 0.472 e. The molecular formula is C99H170O16P2. The summed E-state index contributed by atoms with van der Waals surface area (Å²) >= 11 is 0. The minimum absolute atomic E-state index is 0.0927. The predicted molar refractivity (Wildman–Crippen MR) is 491 cm³/mol. The monoisotopic (exact) mass is 1680 g/mol. The number of esters is 3. The molecule has 0 spiro atoms. The molecule has 16 nitrogen and oxygen atoms in total. The molecule has 0 aliphatic rings. The number of phosphoric acid groups is 2. The number of rotatable bonds is 88. The standard InChI is InChI=1S/C99H170O16P2/c1-4-7-10-13-16-19-22-25-28-31-34-37-40-43-44-45-46-47-48-51-53-55-58-61-64-67-70-73-76-79-82-85-97(102)109-88-94(100)89-111-116(105,106)112-90-95(101)91-113-117(107,108)114-93-96(115-99(104)87-84-81-78-75-72-69-66-63-60-57-54-50-42-39-36-33-30-27-24-21-18-15-12-9-6-3)92-110-98(103)86-83-80-77-74-71-68-65-62-59-56-52-49-41-38-35-32-29-26-23-20-17-14-11-8-5-2/h7,10,16-21,25-30,34-39,43-44,49-50,52,54,94-96,100-101H,4-6,8-9,11-15,22-24,31-33,40-42,45-48,51,53,55-93H2,1-3H3,(H,105,106)(H,107,108)/b10-7-,19-16-,20-17-,21-18-,28-25-,29-26-,30-27-,37-34-,38-35-,39-36-,44-43-,52-49-,54-50-. The summed E-state index contributed by atoms with van der Waals surface area (Å²) in [5.41, 5.74) is 0. The highest BCUT2D eigenvalue weighted by Gasteiger charge is 2.29. The van der Waals surface area contributed by atoms with Gasteiger partial charge in [0.15, 0.2) is 6.10 Å². The smallest absolute Gasteiger partial charge is 0.463 e. The molecule has 0 aliphatic heterocycles. The van der Waals surface area contributed by atoms with E-state index in [0.717, 1.165) is 154 Å². The highest BCUT2D eigenvalue weighted by Crippen LogP contribution is 2.45. The van der Waals surface area contributed by atoms with Crippen molar-refractivity contribution >= 4 is 33.6 Å². The summed E-state index contributed by atoms with van der Waals surface area (Å²) in [6.45, 7) is 2.55. The van der Waals surface area contributed by atoms with Crippen molar-refractivity contribution in [1.82, 2.24) is 0 Å². The van der Waals surface area contributed by atoms with Crippen LogP contribution >= 0.6 is 15.6 Å². The van der Waals surface area contributed by atoms with Crippen molar-refractivity contribution in [2.24, 2.45) is 0 Å². The Labute approximate surface area is 714 Å². The molecule has 672 valence electrons. The van der Waals surface area contributed by atoms with Crippen LogP contribution in [0.3, 0.4) is 0 Å². The van der Waals surface area contributed by atoms with E-state index in [2.05, 4.69) is 179 Å². The Bertz CT molecular complexity index is 2760. The zero-order valence-electron chi connectivity index (χ0n) is 74.1. The molecule has 0 heterocycles. The van der Waals surface area contributed by atoms with Crippen LogP contribution in [0.5, 0.6) is 0 Å². The van der Waals surface area contributed by atoms with Crippen LogP contribution in [0.15, 0.2) is 158 Å². The van der Waals surface area contributed by atoms with E-state index in [1.165, 1.54) is 180 Å². The van der Waals surface area contributed by atoms with Gasteiger partial charge in [-0.1, -0.05) is 378 Å². The summed E-state index contributed by atoms with van der Waals surface area (Å²) < 4.78 is 61.5. The third kappa shape index (κ3) is 91.7. The van der Waals surface area contributed by atoms with Crippen LogP contribution in [0.4, 0.5) is 0 Å². The molecule has 5 unspecified atom stereocenters. The van der Waals surface area contributed by atoms with Gasteiger partial charge in [-0.3, -0.25) is 32.5 Å². The molecule has 0 amide bonds. The predicted octanol–water partition coefficient (Wildman–Crippen LogP) is 28.9. The number of hydrogen-bond donors (Lipinski definition) is 4. The van der Waals surface area contributed by atoms with Crippen molar-refractivity contribution in [2.45, 2.75) is 411 Å². The number of phosphoric ester groups is 2. The molecular weight excluding hydrogens is 1510 g/mol. The highest BCUT2D eigenvalue weighted by atomic mass is 31.2.